The smallest absolute Gasteiger partial charge is 0.287 e. The zero-order valence-corrected chi connectivity index (χ0v) is 14.6. The monoisotopic (exact) mass is 371 g/mol. The summed E-state index contributed by atoms with van der Waals surface area (Å²) < 4.78 is 22.9. The molecule has 0 aliphatic carbocycles. The van der Waals surface area contributed by atoms with Crippen LogP contribution in [0.5, 0.6) is 5.75 Å². The molecule has 1 amide bonds. The van der Waals surface area contributed by atoms with Gasteiger partial charge in [0.05, 0.1) is 4.90 Å². The summed E-state index contributed by atoms with van der Waals surface area (Å²) in [6.45, 7) is 0. The van der Waals surface area contributed by atoms with Crippen LogP contribution in [0.15, 0.2) is 94.2 Å². The second-order valence-electron chi connectivity index (χ2n) is 5.09. The van der Waals surface area contributed by atoms with Crippen LogP contribution in [-0.4, -0.2) is 10.1 Å². The number of para-hydroxylation sites is 1. The van der Waals surface area contributed by atoms with Crippen molar-refractivity contribution in [2.24, 2.45) is 4.36 Å². The number of halogens is 1. The molecule has 0 fully saturated rings. The predicted octanol–water partition coefficient (Wildman–Crippen LogP) is 5.00. The Morgan fingerprint density at radius 3 is 2.00 bits per heavy atom. The van der Waals surface area contributed by atoms with Crippen molar-refractivity contribution in [2.45, 2.75) is 4.90 Å². The maximum absolute atomic E-state index is 13.4. The van der Waals surface area contributed by atoms with E-state index in [4.69, 9.17) is 15.8 Å². The van der Waals surface area contributed by atoms with E-state index < -0.39 is 15.9 Å². The number of hydrogen-bond donors (Lipinski definition) is 0. The minimum Gasteiger partial charge on any atom is -0.392 e. The number of rotatable bonds is 4. The largest absolute Gasteiger partial charge is 0.392 e. The highest BCUT2D eigenvalue weighted by Crippen LogP contribution is 2.23. The van der Waals surface area contributed by atoms with Gasteiger partial charge in [0.15, 0.2) is 0 Å². The molecule has 0 bridgehead atoms. The second-order valence-corrected chi connectivity index (χ2v) is 7.30. The van der Waals surface area contributed by atoms with E-state index in [0.29, 0.717) is 16.3 Å². The second kappa shape index (κ2) is 7.51. The van der Waals surface area contributed by atoms with Crippen LogP contribution in [0.4, 0.5) is 0 Å². The van der Waals surface area contributed by atoms with Gasteiger partial charge in [-0.15, -0.1) is 4.36 Å². The molecule has 3 aromatic rings. The van der Waals surface area contributed by atoms with Crippen molar-refractivity contribution in [3.8, 4) is 5.75 Å². The first kappa shape index (κ1) is 17.2. The molecule has 0 aliphatic rings. The van der Waals surface area contributed by atoms with Crippen molar-refractivity contribution >= 4 is 27.5 Å². The molecule has 3 rings (SSSR count). The van der Waals surface area contributed by atoms with Crippen LogP contribution in [0.2, 0.25) is 5.02 Å². The zero-order valence-electron chi connectivity index (χ0n) is 13.0. The van der Waals surface area contributed by atoms with Crippen LogP contribution in [0.3, 0.4) is 0 Å². The minimum atomic E-state index is -3.47. The van der Waals surface area contributed by atoms with Gasteiger partial charge in [-0.2, -0.15) is 0 Å². The van der Waals surface area contributed by atoms with Crippen LogP contribution in [0.1, 0.15) is 10.4 Å². The summed E-state index contributed by atoms with van der Waals surface area (Å²) in [4.78, 5) is 12.7. The Morgan fingerprint density at radius 2 is 1.40 bits per heavy atom. The Labute approximate surface area is 151 Å². The number of nitrogens with zero attached hydrogens (tertiary/aromatic N) is 1. The Kier molecular flexibility index (Phi) is 5.16. The van der Waals surface area contributed by atoms with E-state index in [1.807, 2.05) is 6.07 Å². The molecular formula is C19H14ClNO3S. The Balaban J connectivity index is 2.08. The first-order valence-electron chi connectivity index (χ1n) is 7.43. The molecule has 0 saturated heterocycles. The van der Waals surface area contributed by atoms with Crippen molar-refractivity contribution in [2.75, 3.05) is 0 Å². The van der Waals surface area contributed by atoms with Crippen LogP contribution < -0.4 is 4.18 Å². The average molecular weight is 372 g/mol. The predicted molar refractivity (Wildman–Crippen MR) is 98.1 cm³/mol. The van der Waals surface area contributed by atoms with Crippen molar-refractivity contribution in [3.63, 3.8) is 0 Å². The number of benzene rings is 3. The van der Waals surface area contributed by atoms with Crippen molar-refractivity contribution in [1.82, 2.24) is 0 Å². The van der Waals surface area contributed by atoms with E-state index in [9.17, 15) is 9.00 Å². The Hall–Kier alpha value is -2.63. The highest BCUT2D eigenvalue weighted by Gasteiger charge is 2.18. The molecule has 1 atom stereocenters. The third kappa shape index (κ3) is 4.26. The van der Waals surface area contributed by atoms with Crippen molar-refractivity contribution in [3.05, 3.63) is 95.5 Å². The fourth-order valence-corrected chi connectivity index (χ4v) is 3.62. The lowest BCUT2D eigenvalue weighted by atomic mass is 10.2. The summed E-state index contributed by atoms with van der Waals surface area (Å²) in [7, 11) is -3.47. The van der Waals surface area contributed by atoms with E-state index in [2.05, 4.69) is 4.36 Å². The van der Waals surface area contributed by atoms with Gasteiger partial charge in [-0.1, -0.05) is 48.0 Å². The summed E-state index contributed by atoms with van der Waals surface area (Å²) in [5.74, 6) is -0.261. The number of carbonyl (C=O) groups is 1. The molecular weight excluding hydrogens is 358 g/mol. The zero-order chi connectivity index (χ0) is 17.7. The highest BCUT2D eigenvalue weighted by atomic mass is 35.5. The molecule has 0 aromatic heterocycles. The lowest BCUT2D eigenvalue weighted by Crippen LogP contribution is -2.12. The van der Waals surface area contributed by atoms with Gasteiger partial charge in [-0.05, 0) is 48.5 Å². The number of carbonyl (C=O) groups excluding carboxylic acids is 1. The summed E-state index contributed by atoms with van der Waals surface area (Å²) in [6, 6.07) is 23.3. The fraction of sp³-hybridized carbons (Fsp3) is 0. The van der Waals surface area contributed by atoms with Crippen molar-refractivity contribution < 1.29 is 13.2 Å². The first-order chi connectivity index (χ1) is 12.1. The molecule has 0 heterocycles. The van der Waals surface area contributed by atoms with Crippen LogP contribution in [0, 0.1) is 0 Å². The summed E-state index contributed by atoms with van der Waals surface area (Å²) in [5.41, 5.74) is 0.334. The van der Waals surface area contributed by atoms with Gasteiger partial charge in [0.1, 0.15) is 5.75 Å². The summed E-state index contributed by atoms with van der Waals surface area (Å²) in [5, 5.41) is 0.486. The van der Waals surface area contributed by atoms with Gasteiger partial charge in [-0.25, -0.2) is 4.21 Å². The average Bonchev–Trinajstić information content (AvgIpc) is 2.63. The number of hydrogen-bond acceptors (Lipinski definition) is 3. The van der Waals surface area contributed by atoms with E-state index in [0.717, 1.165) is 0 Å². The van der Waals surface area contributed by atoms with Crippen LogP contribution >= 0.6 is 11.6 Å². The van der Waals surface area contributed by atoms with Gasteiger partial charge in [-0.3, -0.25) is 4.79 Å². The summed E-state index contributed by atoms with van der Waals surface area (Å²) >= 11 is 5.89. The molecule has 25 heavy (non-hydrogen) atoms. The van der Waals surface area contributed by atoms with Gasteiger partial charge in [0.25, 0.3) is 5.91 Å². The molecule has 0 radical (unpaired) electrons. The maximum Gasteiger partial charge on any atom is 0.287 e. The van der Waals surface area contributed by atoms with Gasteiger partial charge < -0.3 is 4.18 Å². The highest BCUT2D eigenvalue weighted by molar-refractivity contribution is 7.89. The number of amides is 1. The van der Waals surface area contributed by atoms with Gasteiger partial charge in [0.2, 0.25) is 10.0 Å². The van der Waals surface area contributed by atoms with E-state index in [1.165, 1.54) is 12.1 Å². The lowest BCUT2D eigenvalue weighted by Gasteiger charge is -2.12. The Bertz CT molecular complexity index is 980. The van der Waals surface area contributed by atoms with Crippen LogP contribution in [-0.2, 0) is 10.0 Å². The van der Waals surface area contributed by atoms with E-state index >= 15 is 0 Å². The van der Waals surface area contributed by atoms with Crippen LogP contribution in [0.25, 0.3) is 0 Å². The third-order valence-electron chi connectivity index (χ3n) is 3.29. The van der Waals surface area contributed by atoms with Gasteiger partial charge >= 0.3 is 0 Å². The molecule has 0 aliphatic heterocycles. The molecule has 6 heteroatoms. The SMILES string of the molecule is O=C(N=[S@](=O)(Oc1ccccc1)c1ccc(Cl)cc1)c1ccccc1. The molecule has 3 aromatic carbocycles. The maximum atomic E-state index is 13.4. The quantitative estimate of drug-likeness (QED) is 0.648. The summed E-state index contributed by atoms with van der Waals surface area (Å²) in [6.07, 6.45) is 0. The fourth-order valence-electron chi connectivity index (χ4n) is 2.08. The normalized spacial score (nSPS) is 12.8. The standard InChI is InChI=1S/C19H14ClNO3S/c20-16-11-13-18(14-12-16)25(23,24-17-9-5-2-6-10-17)21-19(22)15-7-3-1-4-8-15/h1-14H/t25-/m1/s1. The molecule has 0 N–H and O–H groups in total. The molecule has 126 valence electrons. The third-order valence-corrected chi connectivity index (χ3v) is 5.23. The lowest BCUT2D eigenvalue weighted by molar-refractivity contribution is 0.100. The van der Waals surface area contributed by atoms with E-state index in [-0.39, 0.29) is 4.90 Å². The van der Waals surface area contributed by atoms with E-state index in [1.54, 1.807) is 66.7 Å². The molecule has 4 nitrogen and oxygen atoms in total. The first-order valence-corrected chi connectivity index (χ1v) is 9.25. The topological polar surface area (TPSA) is 55.7 Å². The molecule has 0 spiro atoms. The molecule has 0 saturated carbocycles. The minimum absolute atomic E-state index is 0.269. The Morgan fingerprint density at radius 1 is 0.840 bits per heavy atom. The molecule has 0 unspecified atom stereocenters. The van der Waals surface area contributed by atoms with Crippen molar-refractivity contribution in [1.29, 1.82) is 0 Å². The van der Waals surface area contributed by atoms with Gasteiger partial charge in [0, 0.05) is 10.6 Å².